The fourth-order valence-electron chi connectivity index (χ4n) is 2.79. The number of amides is 1. The molecule has 0 spiro atoms. The van der Waals surface area contributed by atoms with Crippen LogP contribution < -0.4 is 11.1 Å². The number of hydrogen-bond acceptors (Lipinski definition) is 3. The zero-order valence-corrected chi connectivity index (χ0v) is 13.6. The summed E-state index contributed by atoms with van der Waals surface area (Å²) in [7, 11) is 0. The molecule has 0 saturated carbocycles. The molecule has 0 radical (unpaired) electrons. The molecule has 3 N–H and O–H groups in total. The molecular formula is C17H27N3O. The van der Waals surface area contributed by atoms with Gasteiger partial charge in [-0.2, -0.15) is 0 Å². The van der Waals surface area contributed by atoms with E-state index < -0.39 is 0 Å². The molecule has 1 heterocycles. The van der Waals surface area contributed by atoms with Gasteiger partial charge in [0.1, 0.15) is 0 Å². The number of nitrogens with one attached hydrogen (secondary N) is 1. The molecule has 4 heteroatoms. The van der Waals surface area contributed by atoms with Gasteiger partial charge in [0.2, 0.25) is 5.91 Å². The number of carbonyl (C=O) groups excluding carboxylic acids is 1. The monoisotopic (exact) mass is 289 g/mol. The molecule has 1 fully saturated rings. The van der Waals surface area contributed by atoms with Crippen LogP contribution in [0, 0.1) is 19.3 Å². The third-order valence-corrected chi connectivity index (χ3v) is 4.78. The van der Waals surface area contributed by atoms with E-state index in [1.165, 1.54) is 11.1 Å². The molecule has 21 heavy (non-hydrogen) atoms. The molecule has 2 atom stereocenters. The van der Waals surface area contributed by atoms with E-state index in [1.54, 1.807) is 0 Å². The van der Waals surface area contributed by atoms with Crippen LogP contribution >= 0.6 is 0 Å². The smallest absolute Gasteiger partial charge is 0.241 e. The molecule has 4 nitrogen and oxygen atoms in total. The molecule has 1 aliphatic rings. The number of benzene rings is 1. The van der Waals surface area contributed by atoms with Crippen LogP contribution in [0.3, 0.4) is 0 Å². The summed E-state index contributed by atoms with van der Waals surface area (Å²) >= 11 is 0. The number of anilines is 1. The van der Waals surface area contributed by atoms with Crippen molar-refractivity contribution in [2.45, 2.75) is 40.2 Å². The van der Waals surface area contributed by atoms with Crippen molar-refractivity contribution in [2.75, 3.05) is 25.0 Å². The highest BCUT2D eigenvalue weighted by Gasteiger charge is 2.36. The molecule has 116 valence electrons. The molecular weight excluding hydrogens is 262 g/mol. The van der Waals surface area contributed by atoms with Crippen LogP contribution in [0.1, 0.15) is 31.4 Å². The van der Waals surface area contributed by atoms with Crippen molar-refractivity contribution in [1.82, 2.24) is 4.90 Å². The fraction of sp³-hybridized carbons (Fsp3) is 0.588. The number of likely N-dealkylation sites (tertiary alicyclic amines) is 1. The second kappa shape index (κ2) is 6.16. The second-order valence-corrected chi connectivity index (χ2v) is 6.70. The normalized spacial score (nSPS) is 24.0. The number of nitrogens with two attached hydrogens (primary N) is 1. The van der Waals surface area contributed by atoms with Gasteiger partial charge in [-0.05, 0) is 69.0 Å². The lowest BCUT2D eigenvalue weighted by Gasteiger charge is -2.26. The van der Waals surface area contributed by atoms with Crippen LogP contribution in [0.2, 0.25) is 0 Å². The van der Waals surface area contributed by atoms with E-state index in [2.05, 4.69) is 31.0 Å². The first-order valence-electron chi connectivity index (χ1n) is 7.67. The van der Waals surface area contributed by atoms with Crippen LogP contribution in [-0.4, -0.2) is 36.5 Å². The van der Waals surface area contributed by atoms with Crippen LogP contribution in [0.25, 0.3) is 0 Å². The standard InChI is InChI=1S/C17H27N3O/c1-12-5-6-15(9-13(12)2)19-16(21)14(3)20-8-7-17(4,10-18)11-20/h5-6,9,14H,7-8,10-11,18H2,1-4H3,(H,19,21). The lowest BCUT2D eigenvalue weighted by molar-refractivity contribution is -0.120. The Labute approximate surface area is 127 Å². The molecule has 1 aromatic rings. The summed E-state index contributed by atoms with van der Waals surface area (Å²) in [5.74, 6) is 0.0551. The zero-order valence-electron chi connectivity index (χ0n) is 13.6. The Balaban J connectivity index is 1.98. The Morgan fingerprint density at radius 1 is 1.43 bits per heavy atom. The summed E-state index contributed by atoms with van der Waals surface area (Å²) in [6.45, 7) is 10.8. The molecule has 2 rings (SSSR count). The van der Waals surface area contributed by atoms with Gasteiger partial charge in [0.25, 0.3) is 0 Å². The maximum absolute atomic E-state index is 12.4. The van der Waals surface area contributed by atoms with Crippen molar-refractivity contribution in [3.63, 3.8) is 0 Å². The summed E-state index contributed by atoms with van der Waals surface area (Å²) < 4.78 is 0. The number of hydrogen-bond donors (Lipinski definition) is 2. The quantitative estimate of drug-likeness (QED) is 0.894. The second-order valence-electron chi connectivity index (χ2n) is 6.70. The van der Waals surface area contributed by atoms with E-state index in [9.17, 15) is 4.79 Å². The predicted molar refractivity (Wildman–Crippen MR) is 87.4 cm³/mol. The minimum atomic E-state index is -0.125. The summed E-state index contributed by atoms with van der Waals surface area (Å²) in [6.07, 6.45) is 1.06. The first-order chi connectivity index (χ1) is 9.84. The minimum Gasteiger partial charge on any atom is -0.330 e. The van der Waals surface area contributed by atoms with Crippen molar-refractivity contribution in [2.24, 2.45) is 11.1 Å². The average molecular weight is 289 g/mol. The van der Waals surface area contributed by atoms with E-state index >= 15 is 0 Å². The SMILES string of the molecule is Cc1ccc(NC(=O)C(C)N2CCC(C)(CN)C2)cc1C. The Bertz CT molecular complexity index is 529. The van der Waals surface area contributed by atoms with Gasteiger partial charge in [-0.15, -0.1) is 0 Å². The zero-order chi connectivity index (χ0) is 15.6. The molecule has 1 saturated heterocycles. The Morgan fingerprint density at radius 2 is 2.14 bits per heavy atom. The van der Waals surface area contributed by atoms with Crippen molar-refractivity contribution >= 4 is 11.6 Å². The average Bonchev–Trinajstić information content (AvgIpc) is 2.85. The minimum absolute atomic E-state index is 0.0551. The van der Waals surface area contributed by atoms with Crippen molar-refractivity contribution < 1.29 is 4.79 Å². The third kappa shape index (κ3) is 3.63. The number of aryl methyl sites for hydroxylation is 2. The summed E-state index contributed by atoms with van der Waals surface area (Å²) in [5.41, 5.74) is 9.28. The first kappa shape index (κ1) is 16.0. The molecule has 0 aromatic heterocycles. The van der Waals surface area contributed by atoms with Gasteiger partial charge in [0.05, 0.1) is 6.04 Å². The summed E-state index contributed by atoms with van der Waals surface area (Å²) in [4.78, 5) is 14.6. The number of carbonyl (C=O) groups is 1. The fourth-order valence-corrected chi connectivity index (χ4v) is 2.79. The predicted octanol–water partition coefficient (Wildman–Crippen LogP) is 2.30. The van der Waals surface area contributed by atoms with Gasteiger partial charge < -0.3 is 11.1 Å². The lowest BCUT2D eigenvalue weighted by atomic mass is 9.90. The molecule has 2 unspecified atom stereocenters. The topological polar surface area (TPSA) is 58.4 Å². The van der Waals surface area contributed by atoms with Gasteiger partial charge in [0, 0.05) is 12.2 Å². The van der Waals surface area contributed by atoms with Crippen LogP contribution in [0.15, 0.2) is 18.2 Å². The Morgan fingerprint density at radius 3 is 2.71 bits per heavy atom. The van der Waals surface area contributed by atoms with Crippen molar-refractivity contribution in [3.05, 3.63) is 29.3 Å². The maximum atomic E-state index is 12.4. The van der Waals surface area contributed by atoms with Gasteiger partial charge in [0.15, 0.2) is 0 Å². The van der Waals surface area contributed by atoms with Crippen LogP contribution in [-0.2, 0) is 4.79 Å². The lowest BCUT2D eigenvalue weighted by Crippen LogP contribution is -2.42. The highest BCUT2D eigenvalue weighted by Crippen LogP contribution is 2.30. The van der Waals surface area contributed by atoms with Gasteiger partial charge in [-0.25, -0.2) is 0 Å². The first-order valence-corrected chi connectivity index (χ1v) is 7.67. The molecule has 0 aliphatic carbocycles. The maximum Gasteiger partial charge on any atom is 0.241 e. The van der Waals surface area contributed by atoms with E-state index in [-0.39, 0.29) is 17.4 Å². The van der Waals surface area contributed by atoms with Crippen molar-refractivity contribution in [1.29, 1.82) is 0 Å². The highest BCUT2D eigenvalue weighted by atomic mass is 16.2. The highest BCUT2D eigenvalue weighted by molar-refractivity contribution is 5.94. The van der Waals surface area contributed by atoms with Gasteiger partial charge in [-0.3, -0.25) is 9.69 Å². The largest absolute Gasteiger partial charge is 0.330 e. The number of rotatable bonds is 4. The summed E-state index contributed by atoms with van der Waals surface area (Å²) in [5, 5.41) is 3.02. The van der Waals surface area contributed by atoms with E-state index in [0.29, 0.717) is 6.54 Å². The van der Waals surface area contributed by atoms with Gasteiger partial charge >= 0.3 is 0 Å². The molecule has 1 aliphatic heterocycles. The number of nitrogens with zero attached hydrogens (tertiary/aromatic N) is 1. The third-order valence-electron chi connectivity index (χ3n) is 4.78. The van der Waals surface area contributed by atoms with Gasteiger partial charge in [-0.1, -0.05) is 13.0 Å². The van der Waals surface area contributed by atoms with E-state index in [1.807, 2.05) is 25.1 Å². The van der Waals surface area contributed by atoms with E-state index in [0.717, 1.165) is 25.2 Å². The molecule has 1 amide bonds. The van der Waals surface area contributed by atoms with Crippen LogP contribution in [0.4, 0.5) is 5.69 Å². The summed E-state index contributed by atoms with van der Waals surface area (Å²) in [6, 6.07) is 5.89. The Hall–Kier alpha value is -1.39. The Kier molecular flexibility index (Phi) is 4.69. The molecule has 1 aromatic carbocycles. The van der Waals surface area contributed by atoms with Crippen LogP contribution in [0.5, 0.6) is 0 Å². The van der Waals surface area contributed by atoms with Crippen molar-refractivity contribution in [3.8, 4) is 0 Å². The van der Waals surface area contributed by atoms with E-state index in [4.69, 9.17) is 5.73 Å². The molecule has 0 bridgehead atoms.